The van der Waals surface area contributed by atoms with Gasteiger partial charge in [0.05, 0.1) is 18.4 Å². The predicted octanol–water partition coefficient (Wildman–Crippen LogP) is 2.81. The van der Waals surface area contributed by atoms with Gasteiger partial charge >= 0.3 is 0 Å². The van der Waals surface area contributed by atoms with Crippen LogP contribution in [0.3, 0.4) is 0 Å². The van der Waals surface area contributed by atoms with Gasteiger partial charge in [-0.1, -0.05) is 6.92 Å². The quantitative estimate of drug-likeness (QED) is 0.919. The monoisotopic (exact) mass is 306 g/mol. The van der Waals surface area contributed by atoms with Gasteiger partial charge in [0.15, 0.2) is 14.9 Å². The van der Waals surface area contributed by atoms with E-state index in [1.54, 1.807) is 6.07 Å². The van der Waals surface area contributed by atoms with Crippen LogP contribution in [-0.2, 0) is 16.4 Å². The van der Waals surface area contributed by atoms with Crippen LogP contribution in [0, 0.1) is 5.92 Å². The smallest absolute Gasteiger partial charge is 0.192 e. The molecule has 0 aliphatic heterocycles. The van der Waals surface area contributed by atoms with Gasteiger partial charge in [0.25, 0.3) is 0 Å². The summed E-state index contributed by atoms with van der Waals surface area (Å²) in [7, 11) is -3.25. The predicted molar refractivity (Wildman–Crippen MR) is 79.9 cm³/mol. The van der Waals surface area contributed by atoms with E-state index in [9.17, 15) is 8.42 Å². The molecule has 2 atom stereocenters. The number of anilines is 1. The van der Waals surface area contributed by atoms with Gasteiger partial charge in [-0.25, -0.2) is 13.4 Å². The molecule has 5 nitrogen and oxygen atoms in total. The lowest BCUT2D eigenvalue weighted by atomic mass is 10.3. The molecule has 6 heteroatoms. The molecule has 1 fully saturated rings. The molecule has 0 radical (unpaired) electrons. The highest BCUT2D eigenvalue weighted by Crippen LogP contribution is 2.47. The Kier molecular flexibility index (Phi) is 3.49. The van der Waals surface area contributed by atoms with Crippen LogP contribution in [0.2, 0.25) is 0 Å². The van der Waals surface area contributed by atoms with Crippen molar-refractivity contribution >= 4 is 15.5 Å². The van der Waals surface area contributed by atoms with E-state index in [4.69, 9.17) is 4.42 Å². The molecule has 2 aromatic rings. The highest BCUT2D eigenvalue weighted by molar-refractivity contribution is 7.90. The summed E-state index contributed by atoms with van der Waals surface area (Å²) in [6.07, 6.45) is 3.87. The number of aromatic nitrogens is 1. The second kappa shape index (κ2) is 5.18. The SMILES string of the molecule is CC1CC1c1ccc(CNc2ccc(S(C)(=O)=O)nc2)o1. The van der Waals surface area contributed by atoms with Gasteiger partial charge in [-0.15, -0.1) is 0 Å². The lowest BCUT2D eigenvalue weighted by Gasteiger charge is -2.04. The Bertz CT molecular complexity index is 735. The number of hydrogen-bond donors (Lipinski definition) is 1. The number of pyridine rings is 1. The summed E-state index contributed by atoms with van der Waals surface area (Å²) < 4.78 is 28.4. The molecule has 0 amide bonds. The first-order chi connectivity index (χ1) is 9.93. The van der Waals surface area contributed by atoms with Gasteiger partial charge in [0.2, 0.25) is 0 Å². The molecule has 2 aromatic heterocycles. The Morgan fingerprint density at radius 1 is 1.33 bits per heavy atom. The summed E-state index contributed by atoms with van der Waals surface area (Å²) in [6, 6.07) is 7.22. The molecule has 3 rings (SSSR count). The third kappa shape index (κ3) is 3.26. The van der Waals surface area contributed by atoms with Crippen LogP contribution in [-0.4, -0.2) is 19.7 Å². The molecule has 1 aliphatic rings. The minimum Gasteiger partial charge on any atom is -0.464 e. The molecule has 0 bridgehead atoms. The van der Waals surface area contributed by atoms with Gasteiger partial charge in [-0.2, -0.15) is 0 Å². The largest absolute Gasteiger partial charge is 0.464 e. The number of nitrogens with zero attached hydrogens (tertiary/aromatic N) is 1. The molecule has 112 valence electrons. The topological polar surface area (TPSA) is 72.2 Å². The van der Waals surface area contributed by atoms with Crippen LogP contribution in [0.5, 0.6) is 0 Å². The van der Waals surface area contributed by atoms with E-state index in [0.29, 0.717) is 12.5 Å². The van der Waals surface area contributed by atoms with Crippen LogP contribution < -0.4 is 5.32 Å². The molecular weight excluding hydrogens is 288 g/mol. The molecule has 2 heterocycles. The number of rotatable bonds is 5. The number of furan rings is 1. The van der Waals surface area contributed by atoms with Gasteiger partial charge in [-0.3, -0.25) is 0 Å². The minimum absolute atomic E-state index is 0.0797. The second-order valence-corrected chi connectivity index (χ2v) is 7.60. The van der Waals surface area contributed by atoms with Crippen molar-refractivity contribution in [2.24, 2.45) is 5.92 Å². The molecule has 0 spiro atoms. The highest BCUT2D eigenvalue weighted by Gasteiger charge is 2.36. The first-order valence-corrected chi connectivity index (χ1v) is 8.81. The van der Waals surface area contributed by atoms with Crippen LogP contribution in [0.15, 0.2) is 39.9 Å². The third-order valence-corrected chi connectivity index (χ3v) is 4.74. The molecule has 21 heavy (non-hydrogen) atoms. The zero-order valence-corrected chi connectivity index (χ0v) is 12.9. The van der Waals surface area contributed by atoms with E-state index < -0.39 is 9.84 Å². The van der Waals surface area contributed by atoms with Crippen molar-refractivity contribution in [3.63, 3.8) is 0 Å². The Labute approximate surface area is 124 Å². The van der Waals surface area contributed by atoms with E-state index >= 15 is 0 Å². The summed E-state index contributed by atoms with van der Waals surface area (Å²) in [5.41, 5.74) is 0.764. The van der Waals surface area contributed by atoms with Crippen molar-refractivity contribution in [2.45, 2.75) is 30.8 Å². The average Bonchev–Trinajstić information content (AvgIpc) is 2.99. The summed E-state index contributed by atoms with van der Waals surface area (Å²) in [4.78, 5) is 3.93. The van der Waals surface area contributed by atoms with Crippen molar-refractivity contribution in [1.29, 1.82) is 0 Å². The van der Waals surface area contributed by atoms with Crippen LogP contribution in [0.1, 0.15) is 30.8 Å². The summed E-state index contributed by atoms with van der Waals surface area (Å²) >= 11 is 0. The number of sulfone groups is 1. The van der Waals surface area contributed by atoms with E-state index in [0.717, 1.165) is 29.4 Å². The average molecular weight is 306 g/mol. The van der Waals surface area contributed by atoms with Gasteiger partial charge in [-0.05, 0) is 36.6 Å². The molecular formula is C15H18N2O3S. The van der Waals surface area contributed by atoms with E-state index in [2.05, 4.69) is 17.2 Å². The molecule has 1 aliphatic carbocycles. The van der Waals surface area contributed by atoms with Crippen molar-refractivity contribution in [2.75, 3.05) is 11.6 Å². The zero-order valence-electron chi connectivity index (χ0n) is 12.0. The molecule has 2 unspecified atom stereocenters. The van der Waals surface area contributed by atoms with Crippen LogP contribution >= 0.6 is 0 Å². The first-order valence-electron chi connectivity index (χ1n) is 6.92. The molecule has 0 saturated heterocycles. The summed E-state index contributed by atoms with van der Waals surface area (Å²) in [6.45, 7) is 2.78. The van der Waals surface area contributed by atoms with E-state index in [1.165, 1.54) is 18.7 Å². The lowest BCUT2D eigenvalue weighted by molar-refractivity contribution is 0.468. The maximum atomic E-state index is 11.3. The second-order valence-electron chi connectivity index (χ2n) is 5.63. The zero-order chi connectivity index (χ0) is 15.0. The summed E-state index contributed by atoms with van der Waals surface area (Å²) in [5.74, 6) is 3.24. The molecule has 1 saturated carbocycles. The van der Waals surface area contributed by atoms with Gasteiger partial charge in [0.1, 0.15) is 11.5 Å². The maximum absolute atomic E-state index is 11.3. The number of nitrogens with one attached hydrogen (secondary N) is 1. The molecule has 0 aromatic carbocycles. The van der Waals surface area contributed by atoms with Crippen molar-refractivity contribution in [3.05, 3.63) is 42.0 Å². The number of hydrogen-bond acceptors (Lipinski definition) is 5. The fraction of sp³-hybridized carbons (Fsp3) is 0.400. The van der Waals surface area contributed by atoms with Crippen molar-refractivity contribution in [1.82, 2.24) is 4.98 Å². The fourth-order valence-corrected chi connectivity index (χ4v) is 2.86. The Morgan fingerprint density at radius 2 is 2.10 bits per heavy atom. The van der Waals surface area contributed by atoms with Crippen LogP contribution in [0.25, 0.3) is 0 Å². The standard InChI is InChI=1S/C15H18N2O3S/c1-10-7-13(10)14-5-4-12(20-14)9-16-11-3-6-15(17-8-11)21(2,18)19/h3-6,8,10,13,16H,7,9H2,1-2H3. The Balaban J connectivity index is 1.61. The Morgan fingerprint density at radius 3 is 2.67 bits per heavy atom. The highest BCUT2D eigenvalue weighted by atomic mass is 32.2. The fourth-order valence-electron chi connectivity index (χ4n) is 2.30. The minimum atomic E-state index is -3.25. The molecule has 1 N–H and O–H groups in total. The van der Waals surface area contributed by atoms with E-state index in [-0.39, 0.29) is 5.03 Å². The van der Waals surface area contributed by atoms with Crippen molar-refractivity contribution in [3.8, 4) is 0 Å². The van der Waals surface area contributed by atoms with Crippen molar-refractivity contribution < 1.29 is 12.8 Å². The van der Waals surface area contributed by atoms with Crippen LogP contribution in [0.4, 0.5) is 5.69 Å². The van der Waals surface area contributed by atoms with E-state index in [1.807, 2.05) is 12.1 Å². The normalized spacial score (nSPS) is 21.2. The first kappa shape index (κ1) is 14.1. The summed E-state index contributed by atoms with van der Waals surface area (Å²) in [5, 5.41) is 3.25. The Hall–Kier alpha value is -1.82. The van der Waals surface area contributed by atoms with Gasteiger partial charge in [0, 0.05) is 12.2 Å². The van der Waals surface area contributed by atoms with Gasteiger partial charge < -0.3 is 9.73 Å². The maximum Gasteiger partial charge on any atom is 0.192 e. The third-order valence-electron chi connectivity index (χ3n) is 3.74. The lowest BCUT2D eigenvalue weighted by Crippen LogP contribution is -2.02.